The normalized spacial score (nSPS) is 11.8. The number of fused-ring (bicyclic) bond motifs is 1. The molecule has 0 aliphatic heterocycles. The summed E-state index contributed by atoms with van der Waals surface area (Å²) in [5.41, 5.74) is 3.41. The van der Waals surface area contributed by atoms with Gasteiger partial charge in [-0.2, -0.15) is 9.61 Å². The largest absolute Gasteiger partial charge is 0.493 e. The maximum atomic E-state index is 12.6. The molecule has 0 aliphatic carbocycles. The highest BCUT2D eigenvalue weighted by Crippen LogP contribution is 2.29. The summed E-state index contributed by atoms with van der Waals surface area (Å²) in [6.07, 6.45) is 0.701. The first-order valence-electron chi connectivity index (χ1n) is 10.4. The standard InChI is InChI=1S/C24H25N5O3/c1-16(18-9-11-20(31-2)21(15-18)32-3)25-24(30)14-13-23-27-26-22-12-10-19(28-29(22)23)17-7-5-4-6-8-17/h4-12,15-16H,13-14H2,1-3H3,(H,25,30)/t16-/m1/s1. The van der Waals surface area contributed by atoms with E-state index < -0.39 is 0 Å². The van der Waals surface area contributed by atoms with E-state index in [1.165, 1.54) is 0 Å². The Morgan fingerprint density at radius 1 is 1.00 bits per heavy atom. The number of aromatic nitrogens is 4. The summed E-state index contributed by atoms with van der Waals surface area (Å²) < 4.78 is 12.3. The lowest BCUT2D eigenvalue weighted by atomic mass is 10.1. The number of ether oxygens (including phenoxy) is 2. The summed E-state index contributed by atoms with van der Waals surface area (Å²) in [4.78, 5) is 12.6. The topological polar surface area (TPSA) is 90.6 Å². The third-order valence-corrected chi connectivity index (χ3v) is 5.26. The number of benzene rings is 2. The average molecular weight is 431 g/mol. The minimum Gasteiger partial charge on any atom is -0.493 e. The number of methoxy groups -OCH3 is 2. The highest BCUT2D eigenvalue weighted by atomic mass is 16.5. The molecule has 0 unspecified atom stereocenters. The summed E-state index contributed by atoms with van der Waals surface area (Å²) >= 11 is 0. The van der Waals surface area contributed by atoms with Crippen LogP contribution in [0.2, 0.25) is 0 Å². The van der Waals surface area contributed by atoms with Gasteiger partial charge in [0.05, 0.1) is 26.0 Å². The maximum absolute atomic E-state index is 12.6. The minimum absolute atomic E-state index is 0.0803. The average Bonchev–Trinajstić information content (AvgIpc) is 3.25. The van der Waals surface area contributed by atoms with Gasteiger partial charge in [0.15, 0.2) is 23.0 Å². The lowest BCUT2D eigenvalue weighted by Crippen LogP contribution is -2.27. The Bertz CT molecular complexity index is 1220. The Hall–Kier alpha value is -3.94. The van der Waals surface area contributed by atoms with Gasteiger partial charge in [-0.25, -0.2) is 0 Å². The molecule has 2 aromatic heterocycles. The first kappa shape index (κ1) is 21.3. The van der Waals surface area contributed by atoms with E-state index in [-0.39, 0.29) is 18.4 Å². The van der Waals surface area contributed by atoms with E-state index in [4.69, 9.17) is 9.47 Å². The van der Waals surface area contributed by atoms with E-state index in [1.807, 2.05) is 67.6 Å². The van der Waals surface area contributed by atoms with Crippen molar-refractivity contribution in [2.24, 2.45) is 0 Å². The number of amides is 1. The van der Waals surface area contributed by atoms with Crippen LogP contribution in [0, 0.1) is 0 Å². The second-order valence-corrected chi connectivity index (χ2v) is 7.37. The Morgan fingerprint density at radius 3 is 2.53 bits per heavy atom. The van der Waals surface area contributed by atoms with Crippen molar-refractivity contribution >= 4 is 11.6 Å². The third-order valence-electron chi connectivity index (χ3n) is 5.26. The molecular formula is C24H25N5O3. The molecule has 32 heavy (non-hydrogen) atoms. The van der Waals surface area contributed by atoms with Crippen molar-refractivity contribution in [1.82, 2.24) is 25.1 Å². The van der Waals surface area contributed by atoms with Crippen molar-refractivity contribution in [3.05, 3.63) is 72.1 Å². The van der Waals surface area contributed by atoms with Crippen LogP contribution in [-0.2, 0) is 11.2 Å². The van der Waals surface area contributed by atoms with E-state index in [1.54, 1.807) is 18.7 Å². The summed E-state index contributed by atoms with van der Waals surface area (Å²) in [7, 11) is 3.18. The summed E-state index contributed by atoms with van der Waals surface area (Å²) in [6.45, 7) is 1.93. The van der Waals surface area contributed by atoms with Crippen LogP contribution in [0.4, 0.5) is 0 Å². The van der Waals surface area contributed by atoms with Crippen LogP contribution in [0.3, 0.4) is 0 Å². The Balaban J connectivity index is 1.43. The monoisotopic (exact) mass is 431 g/mol. The van der Waals surface area contributed by atoms with Crippen molar-refractivity contribution in [2.45, 2.75) is 25.8 Å². The van der Waals surface area contributed by atoms with Gasteiger partial charge in [-0.05, 0) is 36.8 Å². The van der Waals surface area contributed by atoms with Crippen molar-refractivity contribution in [2.75, 3.05) is 14.2 Å². The number of nitrogens with zero attached hydrogens (tertiary/aromatic N) is 4. The van der Waals surface area contributed by atoms with Gasteiger partial charge in [0.25, 0.3) is 0 Å². The molecule has 2 heterocycles. The number of hydrogen-bond acceptors (Lipinski definition) is 6. The SMILES string of the molecule is COc1ccc([C@@H](C)NC(=O)CCc2nnc3ccc(-c4ccccc4)nn23)cc1OC. The molecular weight excluding hydrogens is 406 g/mol. The van der Waals surface area contributed by atoms with Gasteiger partial charge in [0.1, 0.15) is 0 Å². The molecule has 0 fully saturated rings. The van der Waals surface area contributed by atoms with Gasteiger partial charge < -0.3 is 14.8 Å². The molecule has 4 aromatic rings. The van der Waals surface area contributed by atoms with Crippen LogP contribution < -0.4 is 14.8 Å². The number of carbonyl (C=O) groups is 1. The van der Waals surface area contributed by atoms with Crippen LogP contribution in [0.25, 0.3) is 16.9 Å². The van der Waals surface area contributed by atoms with E-state index in [9.17, 15) is 4.79 Å². The number of aryl methyl sites for hydroxylation is 1. The molecule has 2 aromatic carbocycles. The first-order chi connectivity index (χ1) is 15.6. The minimum atomic E-state index is -0.180. The molecule has 0 bridgehead atoms. The maximum Gasteiger partial charge on any atom is 0.220 e. The molecule has 8 heteroatoms. The summed E-state index contributed by atoms with van der Waals surface area (Å²) in [6, 6.07) is 19.1. The number of hydrogen-bond donors (Lipinski definition) is 1. The van der Waals surface area contributed by atoms with Gasteiger partial charge in [0, 0.05) is 18.4 Å². The van der Waals surface area contributed by atoms with Gasteiger partial charge in [-0.1, -0.05) is 36.4 Å². The van der Waals surface area contributed by atoms with Crippen molar-refractivity contribution in [3.8, 4) is 22.8 Å². The molecule has 4 rings (SSSR count). The molecule has 0 saturated heterocycles. The van der Waals surface area contributed by atoms with Crippen molar-refractivity contribution in [1.29, 1.82) is 0 Å². The van der Waals surface area contributed by atoms with E-state index in [0.29, 0.717) is 29.4 Å². The van der Waals surface area contributed by atoms with E-state index in [2.05, 4.69) is 20.6 Å². The molecule has 0 saturated carbocycles. The molecule has 1 atom stereocenters. The number of rotatable bonds is 8. The molecule has 1 N–H and O–H groups in total. The van der Waals surface area contributed by atoms with Gasteiger partial charge >= 0.3 is 0 Å². The predicted octanol–water partition coefficient (Wildman–Crippen LogP) is 3.62. The van der Waals surface area contributed by atoms with Crippen molar-refractivity contribution < 1.29 is 14.3 Å². The highest BCUT2D eigenvalue weighted by Gasteiger charge is 2.15. The lowest BCUT2D eigenvalue weighted by Gasteiger charge is -2.16. The van der Waals surface area contributed by atoms with Gasteiger partial charge in [-0.3, -0.25) is 4.79 Å². The Morgan fingerprint density at radius 2 is 1.78 bits per heavy atom. The fourth-order valence-electron chi connectivity index (χ4n) is 3.50. The fraction of sp³-hybridized carbons (Fsp3) is 0.250. The van der Waals surface area contributed by atoms with Gasteiger partial charge in [0.2, 0.25) is 5.91 Å². The highest BCUT2D eigenvalue weighted by molar-refractivity contribution is 5.76. The van der Waals surface area contributed by atoms with E-state index >= 15 is 0 Å². The molecule has 8 nitrogen and oxygen atoms in total. The first-order valence-corrected chi connectivity index (χ1v) is 10.4. The fourth-order valence-corrected chi connectivity index (χ4v) is 3.50. The predicted molar refractivity (Wildman–Crippen MR) is 121 cm³/mol. The van der Waals surface area contributed by atoms with Crippen LogP contribution in [0.1, 0.15) is 30.8 Å². The number of nitrogens with one attached hydrogen (secondary N) is 1. The number of carbonyl (C=O) groups excluding carboxylic acids is 1. The zero-order chi connectivity index (χ0) is 22.5. The van der Waals surface area contributed by atoms with Crippen LogP contribution in [0.5, 0.6) is 11.5 Å². The Kier molecular flexibility index (Phi) is 6.30. The quantitative estimate of drug-likeness (QED) is 0.458. The smallest absolute Gasteiger partial charge is 0.220 e. The zero-order valence-corrected chi connectivity index (χ0v) is 18.3. The lowest BCUT2D eigenvalue weighted by molar-refractivity contribution is -0.121. The molecule has 0 radical (unpaired) electrons. The van der Waals surface area contributed by atoms with Crippen LogP contribution in [-0.4, -0.2) is 39.9 Å². The molecule has 164 valence electrons. The second-order valence-electron chi connectivity index (χ2n) is 7.37. The summed E-state index contributed by atoms with van der Waals surface area (Å²) in [5.74, 6) is 1.84. The molecule has 0 spiro atoms. The van der Waals surface area contributed by atoms with Crippen LogP contribution in [0.15, 0.2) is 60.7 Å². The van der Waals surface area contributed by atoms with E-state index in [0.717, 1.165) is 16.8 Å². The molecule has 0 aliphatic rings. The summed E-state index contributed by atoms with van der Waals surface area (Å²) in [5, 5.41) is 16.1. The molecule has 1 amide bonds. The van der Waals surface area contributed by atoms with Crippen molar-refractivity contribution in [3.63, 3.8) is 0 Å². The third kappa shape index (κ3) is 4.54. The van der Waals surface area contributed by atoms with Crippen LogP contribution >= 0.6 is 0 Å². The second kappa shape index (κ2) is 9.47. The van der Waals surface area contributed by atoms with Gasteiger partial charge in [-0.15, -0.1) is 10.2 Å². The Labute approximate surface area is 186 Å². The zero-order valence-electron chi connectivity index (χ0n) is 18.3.